The van der Waals surface area contributed by atoms with E-state index in [0.717, 1.165) is 19.0 Å². The van der Waals surface area contributed by atoms with Crippen LogP contribution in [0.5, 0.6) is 11.5 Å². The number of ether oxygens (including phenoxy) is 2. The summed E-state index contributed by atoms with van der Waals surface area (Å²) in [6.07, 6.45) is -3.87. The van der Waals surface area contributed by atoms with Crippen LogP contribution in [-0.4, -0.2) is 36.8 Å². The molecule has 21 heavy (non-hydrogen) atoms. The third-order valence-electron chi connectivity index (χ3n) is 2.55. The van der Waals surface area contributed by atoms with Crippen molar-refractivity contribution in [1.82, 2.24) is 5.32 Å². The van der Waals surface area contributed by atoms with E-state index in [-0.39, 0.29) is 18.9 Å². The zero-order valence-corrected chi connectivity index (χ0v) is 12.0. The van der Waals surface area contributed by atoms with E-state index in [1.807, 2.05) is 6.92 Å². The largest absolute Gasteiger partial charge is 0.573 e. The average Bonchev–Trinajstić information content (AvgIpc) is 2.36. The highest BCUT2D eigenvalue weighted by Gasteiger charge is 2.32. The third-order valence-corrected chi connectivity index (χ3v) is 2.55. The fourth-order valence-electron chi connectivity index (χ4n) is 1.60. The fourth-order valence-corrected chi connectivity index (χ4v) is 1.60. The van der Waals surface area contributed by atoms with Crippen LogP contribution in [0.1, 0.15) is 20.3 Å². The number of hydrogen-bond acceptors (Lipinski definition) is 4. The molecule has 0 spiro atoms. The predicted octanol–water partition coefficient (Wildman–Crippen LogP) is 2.71. The van der Waals surface area contributed by atoms with Crippen LogP contribution in [0.2, 0.25) is 0 Å². The van der Waals surface area contributed by atoms with Crippen molar-refractivity contribution in [3.05, 3.63) is 24.3 Å². The number of hydrogen-bond donors (Lipinski definition) is 2. The van der Waals surface area contributed by atoms with Crippen LogP contribution >= 0.6 is 0 Å². The first-order valence-electron chi connectivity index (χ1n) is 6.64. The number of rotatable bonds is 8. The van der Waals surface area contributed by atoms with Gasteiger partial charge in [0.25, 0.3) is 0 Å². The number of alkyl halides is 3. The Morgan fingerprint density at radius 2 is 1.81 bits per heavy atom. The van der Waals surface area contributed by atoms with E-state index in [1.165, 1.54) is 18.2 Å². The molecule has 0 amide bonds. The molecule has 1 unspecified atom stereocenters. The maximum Gasteiger partial charge on any atom is 0.573 e. The Hall–Kier alpha value is -1.47. The lowest BCUT2D eigenvalue weighted by Crippen LogP contribution is -2.43. The first kappa shape index (κ1) is 17.6. The second-order valence-electron chi connectivity index (χ2n) is 4.96. The van der Waals surface area contributed by atoms with Crippen molar-refractivity contribution in [1.29, 1.82) is 0 Å². The van der Waals surface area contributed by atoms with Gasteiger partial charge < -0.3 is 19.9 Å². The molecule has 7 heteroatoms. The first-order valence-corrected chi connectivity index (χ1v) is 6.64. The molecule has 1 aromatic carbocycles. The number of halogens is 3. The standard InChI is InChI=1S/C14H20F3NO3/c1-3-8-18-9-13(2,19)10-20-11-6-4-5-7-12(11)21-14(15,16)17/h4-7,18-19H,3,8-10H2,1-2H3. The predicted molar refractivity (Wildman–Crippen MR) is 72.4 cm³/mol. The van der Waals surface area contributed by atoms with Gasteiger partial charge in [0.1, 0.15) is 12.2 Å². The molecule has 0 fully saturated rings. The number of para-hydroxylation sites is 2. The van der Waals surface area contributed by atoms with E-state index < -0.39 is 17.7 Å². The molecule has 0 radical (unpaired) electrons. The average molecular weight is 307 g/mol. The summed E-state index contributed by atoms with van der Waals surface area (Å²) in [5.74, 6) is -0.493. The Morgan fingerprint density at radius 3 is 2.38 bits per heavy atom. The van der Waals surface area contributed by atoms with E-state index in [9.17, 15) is 18.3 Å². The lowest BCUT2D eigenvalue weighted by molar-refractivity contribution is -0.275. The quantitative estimate of drug-likeness (QED) is 0.725. The molecule has 0 bridgehead atoms. The summed E-state index contributed by atoms with van der Waals surface area (Å²) < 4.78 is 45.9. The minimum Gasteiger partial charge on any atom is -0.487 e. The highest BCUT2D eigenvalue weighted by molar-refractivity contribution is 5.39. The van der Waals surface area contributed by atoms with Crippen molar-refractivity contribution >= 4 is 0 Å². The smallest absolute Gasteiger partial charge is 0.487 e. The van der Waals surface area contributed by atoms with E-state index >= 15 is 0 Å². The van der Waals surface area contributed by atoms with Gasteiger partial charge in [-0.25, -0.2) is 0 Å². The van der Waals surface area contributed by atoms with Crippen molar-refractivity contribution in [3.8, 4) is 11.5 Å². The van der Waals surface area contributed by atoms with E-state index in [2.05, 4.69) is 10.1 Å². The lowest BCUT2D eigenvalue weighted by Gasteiger charge is -2.24. The van der Waals surface area contributed by atoms with Gasteiger partial charge in [-0.3, -0.25) is 0 Å². The second kappa shape index (κ2) is 7.51. The maximum atomic E-state index is 12.3. The van der Waals surface area contributed by atoms with Gasteiger partial charge in [0.2, 0.25) is 0 Å². The Bertz CT molecular complexity index is 436. The molecule has 1 aromatic rings. The lowest BCUT2D eigenvalue weighted by atomic mass is 10.1. The van der Waals surface area contributed by atoms with Crippen LogP contribution in [0.3, 0.4) is 0 Å². The van der Waals surface area contributed by atoms with Gasteiger partial charge in [-0.1, -0.05) is 19.1 Å². The monoisotopic (exact) mass is 307 g/mol. The van der Waals surface area contributed by atoms with Crippen LogP contribution in [-0.2, 0) is 0 Å². The van der Waals surface area contributed by atoms with Crippen molar-refractivity contribution in [3.63, 3.8) is 0 Å². The van der Waals surface area contributed by atoms with Crippen LogP contribution in [0.4, 0.5) is 13.2 Å². The van der Waals surface area contributed by atoms with E-state index in [1.54, 1.807) is 6.92 Å². The van der Waals surface area contributed by atoms with Crippen LogP contribution in [0, 0.1) is 0 Å². The third kappa shape index (κ3) is 7.19. The van der Waals surface area contributed by atoms with Gasteiger partial charge in [-0.2, -0.15) is 0 Å². The summed E-state index contributed by atoms with van der Waals surface area (Å²) in [5, 5.41) is 13.1. The fraction of sp³-hybridized carbons (Fsp3) is 0.571. The summed E-state index contributed by atoms with van der Waals surface area (Å²) in [7, 11) is 0. The van der Waals surface area contributed by atoms with Crippen molar-refractivity contribution in [2.24, 2.45) is 0 Å². The molecule has 0 aliphatic heterocycles. The number of nitrogens with one attached hydrogen (secondary N) is 1. The number of benzene rings is 1. The Kier molecular flexibility index (Phi) is 6.29. The van der Waals surface area contributed by atoms with Gasteiger partial charge in [-0.05, 0) is 32.0 Å². The molecular weight excluding hydrogens is 287 g/mol. The highest BCUT2D eigenvalue weighted by Crippen LogP contribution is 2.32. The molecule has 4 nitrogen and oxygen atoms in total. The van der Waals surface area contributed by atoms with Gasteiger partial charge in [-0.15, -0.1) is 13.2 Å². The Balaban J connectivity index is 2.62. The summed E-state index contributed by atoms with van der Waals surface area (Å²) >= 11 is 0. The summed E-state index contributed by atoms with van der Waals surface area (Å²) in [5.41, 5.74) is -1.19. The molecular formula is C14H20F3NO3. The summed E-state index contributed by atoms with van der Waals surface area (Å²) in [4.78, 5) is 0. The normalized spacial score (nSPS) is 14.6. The van der Waals surface area contributed by atoms with Crippen LogP contribution in [0.15, 0.2) is 24.3 Å². The van der Waals surface area contributed by atoms with Crippen LogP contribution < -0.4 is 14.8 Å². The molecule has 1 atom stereocenters. The minimum atomic E-state index is -4.79. The first-order chi connectivity index (χ1) is 9.73. The highest BCUT2D eigenvalue weighted by atomic mass is 19.4. The molecule has 0 aliphatic carbocycles. The number of aliphatic hydroxyl groups is 1. The molecule has 0 aliphatic rings. The van der Waals surface area contributed by atoms with E-state index in [0.29, 0.717) is 0 Å². The zero-order valence-electron chi connectivity index (χ0n) is 12.0. The molecule has 120 valence electrons. The molecule has 1 rings (SSSR count). The van der Waals surface area contributed by atoms with Gasteiger partial charge >= 0.3 is 6.36 Å². The molecule has 2 N–H and O–H groups in total. The molecule has 0 saturated carbocycles. The van der Waals surface area contributed by atoms with Crippen LogP contribution in [0.25, 0.3) is 0 Å². The van der Waals surface area contributed by atoms with Gasteiger partial charge in [0.05, 0.1) is 0 Å². The van der Waals surface area contributed by atoms with Crippen molar-refractivity contribution in [2.45, 2.75) is 32.2 Å². The summed E-state index contributed by atoms with van der Waals surface area (Å²) in [6.45, 7) is 4.40. The second-order valence-corrected chi connectivity index (χ2v) is 4.96. The van der Waals surface area contributed by atoms with Crippen molar-refractivity contribution < 1.29 is 27.8 Å². The Morgan fingerprint density at radius 1 is 1.19 bits per heavy atom. The van der Waals surface area contributed by atoms with Crippen molar-refractivity contribution in [2.75, 3.05) is 19.7 Å². The SMILES string of the molecule is CCCNCC(C)(O)COc1ccccc1OC(F)(F)F. The summed E-state index contributed by atoms with van der Waals surface area (Å²) in [6, 6.07) is 5.46. The molecule has 0 heterocycles. The topological polar surface area (TPSA) is 50.7 Å². The maximum absolute atomic E-state index is 12.3. The minimum absolute atomic E-state index is 0.0643. The van der Waals surface area contributed by atoms with Gasteiger partial charge in [0.15, 0.2) is 11.5 Å². The molecule has 0 aromatic heterocycles. The van der Waals surface area contributed by atoms with Gasteiger partial charge in [0, 0.05) is 6.54 Å². The van der Waals surface area contributed by atoms with E-state index in [4.69, 9.17) is 4.74 Å². The zero-order chi connectivity index (χ0) is 15.9. The molecule has 0 saturated heterocycles. The Labute approximate surface area is 121 Å².